The molecule has 0 heterocycles. The lowest BCUT2D eigenvalue weighted by atomic mass is 10.1. The molecular weight excluding hydrogens is 206 g/mol. The summed E-state index contributed by atoms with van der Waals surface area (Å²) in [6.07, 6.45) is 0.945. The van der Waals surface area contributed by atoms with Crippen LogP contribution in [0.2, 0.25) is 0 Å². The molecule has 0 atom stereocenters. The van der Waals surface area contributed by atoms with Crippen molar-refractivity contribution in [3.63, 3.8) is 0 Å². The van der Waals surface area contributed by atoms with Crippen LogP contribution in [-0.4, -0.2) is 13.1 Å². The molecular formula is C11H17N3O2. The second-order valence-corrected chi connectivity index (χ2v) is 3.33. The van der Waals surface area contributed by atoms with Crippen LogP contribution in [0.25, 0.3) is 0 Å². The number of rotatable bonds is 4. The van der Waals surface area contributed by atoms with Gasteiger partial charge in [0, 0.05) is 12.1 Å². The van der Waals surface area contributed by atoms with Gasteiger partial charge in [0.15, 0.2) is 0 Å². The molecule has 2 amide bonds. The Hall–Kier alpha value is -1.75. The molecule has 1 aromatic rings. The van der Waals surface area contributed by atoms with Crippen LogP contribution in [0.4, 0.5) is 4.79 Å². The van der Waals surface area contributed by atoms with Gasteiger partial charge >= 0.3 is 6.03 Å². The molecule has 88 valence electrons. The Morgan fingerprint density at radius 3 is 2.81 bits per heavy atom. The molecule has 0 bridgehead atoms. The minimum atomic E-state index is -0.413. The van der Waals surface area contributed by atoms with Gasteiger partial charge in [-0.25, -0.2) is 10.6 Å². The van der Waals surface area contributed by atoms with Gasteiger partial charge in [-0.3, -0.25) is 5.43 Å². The third-order valence-corrected chi connectivity index (χ3v) is 2.32. The molecule has 0 radical (unpaired) electrons. The number of hydrogen-bond acceptors (Lipinski definition) is 3. The predicted octanol–water partition coefficient (Wildman–Crippen LogP) is 0.931. The van der Waals surface area contributed by atoms with Crippen molar-refractivity contribution in [3.05, 3.63) is 29.3 Å². The van der Waals surface area contributed by atoms with Gasteiger partial charge < -0.3 is 10.1 Å². The number of ether oxygens (including phenoxy) is 1. The van der Waals surface area contributed by atoms with E-state index < -0.39 is 6.03 Å². The standard InChI is InChI=1S/C11H17N3O2/c1-3-8-4-5-10(16-2)9(6-8)7-13-11(15)14-12/h4-6H,3,7,12H2,1-2H3,(H2,13,14,15). The predicted molar refractivity (Wildman–Crippen MR) is 61.9 cm³/mol. The summed E-state index contributed by atoms with van der Waals surface area (Å²) in [5.74, 6) is 5.73. The number of hydrogen-bond donors (Lipinski definition) is 3. The molecule has 16 heavy (non-hydrogen) atoms. The fourth-order valence-corrected chi connectivity index (χ4v) is 1.42. The topological polar surface area (TPSA) is 76.4 Å². The normalized spacial score (nSPS) is 9.69. The summed E-state index contributed by atoms with van der Waals surface area (Å²) < 4.78 is 5.21. The molecule has 4 N–H and O–H groups in total. The lowest BCUT2D eigenvalue weighted by Crippen LogP contribution is -2.39. The van der Waals surface area contributed by atoms with Gasteiger partial charge in [0.2, 0.25) is 0 Å². The van der Waals surface area contributed by atoms with Crippen molar-refractivity contribution < 1.29 is 9.53 Å². The van der Waals surface area contributed by atoms with Crippen LogP contribution in [-0.2, 0) is 13.0 Å². The Morgan fingerprint density at radius 2 is 2.25 bits per heavy atom. The number of aryl methyl sites for hydroxylation is 1. The van der Waals surface area contributed by atoms with Gasteiger partial charge in [0.25, 0.3) is 0 Å². The molecule has 0 unspecified atom stereocenters. The first-order valence-corrected chi connectivity index (χ1v) is 5.11. The Kier molecular flexibility index (Phi) is 4.60. The first-order chi connectivity index (χ1) is 7.71. The SMILES string of the molecule is CCc1ccc(OC)c(CNC(=O)NN)c1. The molecule has 0 aliphatic heterocycles. The lowest BCUT2D eigenvalue weighted by Gasteiger charge is -2.11. The van der Waals surface area contributed by atoms with Crippen molar-refractivity contribution in [3.8, 4) is 5.75 Å². The molecule has 1 aromatic carbocycles. The minimum Gasteiger partial charge on any atom is -0.496 e. The van der Waals surface area contributed by atoms with E-state index in [1.54, 1.807) is 7.11 Å². The maximum absolute atomic E-state index is 11.0. The highest BCUT2D eigenvalue weighted by Gasteiger charge is 2.05. The third-order valence-electron chi connectivity index (χ3n) is 2.32. The third kappa shape index (κ3) is 3.13. The molecule has 0 saturated heterocycles. The first kappa shape index (κ1) is 12.3. The number of carbonyl (C=O) groups is 1. The van der Waals surface area contributed by atoms with E-state index >= 15 is 0 Å². The van der Waals surface area contributed by atoms with E-state index in [9.17, 15) is 4.79 Å². The van der Waals surface area contributed by atoms with Crippen molar-refractivity contribution in [2.24, 2.45) is 5.84 Å². The number of hydrazine groups is 1. The minimum absolute atomic E-state index is 0.389. The number of methoxy groups -OCH3 is 1. The highest BCUT2D eigenvalue weighted by Crippen LogP contribution is 2.19. The summed E-state index contributed by atoms with van der Waals surface area (Å²) in [7, 11) is 1.60. The molecule has 1 rings (SSSR count). The van der Waals surface area contributed by atoms with Crippen molar-refractivity contribution in [1.82, 2.24) is 10.7 Å². The maximum Gasteiger partial charge on any atom is 0.329 e. The van der Waals surface area contributed by atoms with E-state index in [2.05, 4.69) is 12.2 Å². The quantitative estimate of drug-likeness (QED) is 0.404. The molecule has 0 saturated carbocycles. The van der Waals surface area contributed by atoms with Gasteiger partial charge in [0.1, 0.15) is 5.75 Å². The second-order valence-electron chi connectivity index (χ2n) is 3.33. The van der Waals surface area contributed by atoms with Crippen LogP contribution in [0.5, 0.6) is 5.75 Å². The molecule has 5 heteroatoms. The summed E-state index contributed by atoms with van der Waals surface area (Å²) in [4.78, 5) is 11.0. The van der Waals surface area contributed by atoms with Gasteiger partial charge in [-0.05, 0) is 18.1 Å². The van der Waals surface area contributed by atoms with E-state index in [1.807, 2.05) is 23.6 Å². The van der Waals surface area contributed by atoms with E-state index in [0.717, 1.165) is 17.7 Å². The number of benzene rings is 1. The zero-order chi connectivity index (χ0) is 12.0. The first-order valence-electron chi connectivity index (χ1n) is 5.11. The Labute approximate surface area is 94.9 Å². The average molecular weight is 223 g/mol. The van der Waals surface area contributed by atoms with E-state index in [-0.39, 0.29) is 0 Å². The number of nitrogens with one attached hydrogen (secondary N) is 2. The number of nitrogens with two attached hydrogens (primary N) is 1. The van der Waals surface area contributed by atoms with Gasteiger partial charge in [-0.2, -0.15) is 0 Å². The Bertz CT molecular complexity index is 366. The maximum atomic E-state index is 11.0. The molecule has 0 spiro atoms. The van der Waals surface area contributed by atoms with E-state index in [1.165, 1.54) is 5.56 Å². The molecule has 5 nitrogen and oxygen atoms in total. The van der Waals surface area contributed by atoms with Crippen molar-refractivity contribution in [2.45, 2.75) is 19.9 Å². The number of amides is 2. The van der Waals surface area contributed by atoms with Crippen LogP contribution >= 0.6 is 0 Å². The average Bonchev–Trinajstić information content (AvgIpc) is 2.35. The summed E-state index contributed by atoms with van der Waals surface area (Å²) in [6.45, 7) is 2.46. The fraction of sp³-hybridized carbons (Fsp3) is 0.364. The summed E-state index contributed by atoms with van der Waals surface area (Å²) in [5, 5.41) is 2.62. The zero-order valence-corrected chi connectivity index (χ0v) is 9.54. The summed E-state index contributed by atoms with van der Waals surface area (Å²) in [6, 6.07) is 5.50. The smallest absolute Gasteiger partial charge is 0.329 e. The highest BCUT2D eigenvalue weighted by molar-refractivity contribution is 5.73. The molecule has 0 aliphatic rings. The van der Waals surface area contributed by atoms with Crippen LogP contribution in [0.3, 0.4) is 0 Å². The number of urea groups is 1. The largest absolute Gasteiger partial charge is 0.496 e. The second kappa shape index (κ2) is 5.97. The highest BCUT2D eigenvalue weighted by atomic mass is 16.5. The van der Waals surface area contributed by atoms with Crippen LogP contribution in [0.15, 0.2) is 18.2 Å². The van der Waals surface area contributed by atoms with E-state index in [0.29, 0.717) is 6.54 Å². The van der Waals surface area contributed by atoms with Crippen LogP contribution < -0.4 is 21.3 Å². The fourth-order valence-electron chi connectivity index (χ4n) is 1.42. The Balaban J connectivity index is 2.78. The lowest BCUT2D eigenvalue weighted by molar-refractivity contribution is 0.240. The summed E-state index contributed by atoms with van der Waals surface area (Å²) in [5.41, 5.74) is 4.15. The van der Waals surface area contributed by atoms with Gasteiger partial charge in [0.05, 0.1) is 7.11 Å². The van der Waals surface area contributed by atoms with Crippen LogP contribution in [0, 0.1) is 0 Å². The Morgan fingerprint density at radius 1 is 1.50 bits per heavy atom. The van der Waals surface area contributed by atoms with Crippen LogP contribution in [0.1, 0.15) is 18.1 Å². The van der Waals surface area contributed by atoms with Crippen molar-refractivity contribution in [2.75, 3.05) is 7.11 Å². The van der Waals surface area contributed by atoms with Crippen molar-refractivity contribution in [1.29, 1.82) is 0 Å². The molecule has 0 fully saturated rings. The van der Waals surface area contributed by atoms with Gasteiger partial charge in [-0.1, -0.05) is 19.1 Å². The summed E-state index contributed by atoms with van der Waals surface area (Å²) >= 11 is 0. The van der Waals surface area contributed by atoms with E-state index in [4.69, 9.17) is 10.6 Å². The molecule has 0 aromatic heterocycles. The van der Waals surface area contributed by atoms with Crippen molar-refractivity contribution >= 4 is 6.03 Å². The number of carbonyl (C=O) groups excluding carboxylic acids is 1. The zero-order valence-electron chi connectivity index (χ0n) is 9.54. The van der Waals surface area contributed by atoms with Gasteiger partial charge in [-0.15, -0.1) is 0 Å². The monoisotopic (exact) mass is 223 g/mol. The molecule has 0 aliphatic carbocycles.